The number of carbonyl (C=O) groups is 1. The molecule has 0 fully saturated rings. The minimum absolute atomic E-state index is 0.0394. The minimum atomic E-state index is -0.556. The summed E-state index contributed by atoms with van der Waals surface area (Å²) in [5.74, 6) is -1.38. The third kappa shape index (κ3) is 0.700. The molecule has 0 radical (unpaired) electrons. The van der Waals surface area contributed by atoms with E-state index in [9.17, 15) is 4.79 Å². The zero-order valence-corrected chi connectivity index (χ0v) is 4.72. The summed E-state index contributed by atoms with van der Waals surface area (Å²) >= 11 is 0. The first kappa shape index (κ1) is 5.88. The van der Waals surface area contributed by atoms with Gasteiger partial charge in [-0.2, -0.15) is 0 Å². The highest BCUT2D eigenvalue weighted by molar-refractivity contribution is 5.99. The highest BCUT2D eigenvalue weighted by Gasteiger charge is 2.24. The Morgan fingerprint density at radius 2 is 1.89 bits per heavy atom. The van der Waals surface area contributed by atoms with Crippen molar-refractivity contribution in [2.24, 2.45) is 0 Å². The van der Waals surface area contributed by atoms with Gasteiger partial charge in [0.1, 0.15) is 0 Å². The normalized spacial score (nSPS) is 19.6. The maximum atomic E-state index is 10.5. The second kappa shape index (κ2) is 1.62. The van der Waals surface area contributed by atoms with Crippen molar-refractivity contribution in [1.29, 1.82) is 0 Å². The van der Waals surface area contributed by atoms with Gasteiger partial charge in [-0.3, -0.25) is 4.79 Å². The first-order chi connectivity index (χ1) is 4.13. The molecule has 3 nitrogen and oxygen atoms in total. The van der Waals surface area contributed by atoms with Crippen LogP contribution in [0.2, 0.25) is 0 Å². The van der Waals surface area contributed by atoms with Crippen molar-refractivity contribution >= 4 is 5.78 Å². The summed E-state index contributed by atoms with van der Waals surface area (Å²) in [5, 5.41) is 17.4. The summed E-state index contributed by atoms with van der Waals surface area (Å²) in [6.07, 6.45) is 0.0394. The monoisotopic (exact) mass is 126 g/mol. The number of ketones is 1. The number of hydrogen-bond donors (Lipinski definition) is 2. The van der Waals surface area contributed by atoms with E-state index in [0.717, 1.165) is 0 Å². The third-order valence-corrected chi connectivity index (χ3v) is 1.20. The molecule has 0 amide bonds. The van der Waals surface area contributed by atoms with Crippen LogP contribution in [-0.4, -0.2) is 16.0 Å². The van der Waals surface area contributed by atoms with Crippen LogP contribution in [0.15, 0.2) is 23.7 Å². The van der Waals surface area contributed by atoms with E-state index in [-0.39, 0.29) is 17.8 Å². The van der Waals surface area contributed by atoms with E-state index < -0.39 is 11.5 Å². The molecule has 48 valence electrons. The maximum Gasteiger partial charge on any atom is 0.205 e. The molecule has 2 N–H and O–H groups in total. The lowest BCUT2D eigenvalue weighted by atomic mass is 10.2. The number of aliphatic hydroxyl groups is 2. The average Bonchev–Trinajstić information content (AvgIpc) is 1.98. The molecule has 0 aromatic rings. The van der Waals surface area contributed by atoms with E-state index in [4.69, 9.17) is 10.2 Å². The van der Waals surface area contributed by atoms with E-state index in [0.29, 0.717) is 0 Å². The molecule has 0 spiro atoms. The van der Waals surface area contributed by atoms with Gasteiger partial charge in [0.05, 0.1) is 0 Å². The van der Waals surface area contributed by atoms with Gasteiger partial charge in [0.25, 0.3) is 0 Å². The molecule has 3 heteroatoms. The Morgan fingerprint density at radius 3 is 2.00 bits per heavy atom. The van der Waals surface area contributed by atoms with E-state index in [1.807, 2.05) is 0 Å². The fraction of sp³-hybridized carbons (Fsp3) is 0.167. The maximum absolute atomic E-state index is 10.5. The summed E-state index contributed by atoms with van der Waals surface area (Å²) in [4.78, 5) is 10.5. The van der Waals surface area contributed by atoms with Gasteiger partial charge in [0.2, 0.25) is 11.5 Å². The van der Waals surface area contributed by atoms with E-state index in [2.05, 4.69) is 6.58 Å². The van der Waals surface area contributed by atoms with Gasteiger partial charge in [-0.25, -0.2) is 0 Å². The lowest BCUT2D eigenvalue weighted by Crippen LogP contribution is -1.93. The molecule has 1 aliphatic carbocycles. The first-order valence-corrected chi connectivity index (χ1v) is 2.46. The van der Waals surface area contributed by atoms with Gasteiger partial charge in [-0.1, -0.05) is 6.58 Å². The second-order valence-electron chi connectivity index (χ2n) is 1.90. The third-order valence-electron chi connectivity index (χ3n) is 1.20. The quantitative estimate of drug-likeness (QED) is 0.505. The van der Waals surface area contributed by atoms with Crippen molar-refractivity contribution in [3.05, 3.63) is 23.7 Å². The fourth-order valence-electron chi connectivity index (χ4n) is 0.661. The Kier molecular flexibility index (Phi) is 1.06. The molecule has 0 aromatic heterocycles. The van der Waals surface area contributed by atoms with Crippen LogP contribution in [0, 0.1) is 0 Å². The van der Waals surface area contributed by atoms with Crippen LogP contribution in [0.3, 0.4) is 0 Å². The second-order valence-corrected chi connectivity index (χ2v) is 1.90. The number of Topliss-reactive ketones (excluding diaryl/α,β-unsaturated/α-hetero) is 1. The van der Waals surface area contributed by atoms with E-state index in [1.165, 1.54) is 0 Å². The molecule has 0 aromatic carbocycles. The number of aliphatic hydroxyl groups excluding tert-OH is 2. The van der Waals surface area contributed by atoms with Crippen molar-refractivity contribution in [1.82, 2.24) is 0 Å². The van der Waals surface area contributed by atoms with E-state index in [1.54, 1.807) is 0 Å². The molecular formula is C6H6O3. The van der Waals surface area contributed by atoms with Gasteiger partial charge in [0, 0.05) is 6.42 Å². The Balaban J connectivity index is 3.06. The highest BCUT2D eigenvalue weighted by atomic mass is 16.3. The van der Waals surface area contributed by atoms with Crippen LogP contribution in [0.1, 0.15) is 6.42 Å². The lowest BCUT2D eigenvalue weighted by molar-refractivity contribution is -0.116. The average molecular weight is 126 g/mol. The number of hydrogen-bond acceptors (Lipinski definition) is 3. The van der Waals surface area contributed by atoms with Crippen LogP contribution >= 0.6 is 0 Å². The van der Waals surface area contributed by atoms with E-state index >= 15 is 0 Å². The molecule has 0 saturated carbocycles. The Hall–Kier alpha value is -1.25. The smallest absolute Gasteiger partial charge is 0.205 e. The van der Waals surface area contributed by atoms with Gasteiger partial charge < -0.3 is 10.2 Å². The topological polar surface area (TPSA) is 57.5 Å². The molecule has 1 aliphatic rings. The molecule has 0 saturated heterocycles. The number of rotatable bonds is 0. The summed E-state index contributed by atoms with van der Waals surface area (Å²) in [6, 6.07) is 0. The first-order valence-electron chi connectivity index (χ1n) is 2.46. The van der Waals surface area contributed by atoms with Gasteiger partial charge >= 0.3 is 0 Å². The van der Waals surface area contributed by atoms with Crippen molar-refractivity contribution in [2.45, 2.75) is 6.42 Å². The predicted molar refractivity (Wildman–Crippen MR) is 31.0 cm³/mol. The van der Waals surface area contributed by atoms with Crippen molar-refractivity contribution < 1.29 is 15.0 Å². The van der Waals surface area contributed by atoms with Gasteiger partial charge in [-0.15, -0.1) is 0 Å². The Morgan fingerprint density at radius 1 is 1.33 bits per heavy atom. The van der Waals surface area contributed by atoms with Gasteiger partial charge in [0.15, 0.2) is 5.76 Å². The van der Waals surface area contributed by atoms with Crippen LogP contribution in [-0.2, 0) is 4.79 Å². The van der Waals surface area contributed by atoms with Crippen molar-refractivity contribution in [3.63, 3.8) is 0 Å². The van der Waals surface area contributed by atoms with Crippen LogP contribution in [0.5, 0.6) is 0 Å². The summed E-state index contributed by atoms with van der Waals surface area (Å²) < 4.78 is 0. The predicted octanol–water partition coefficient (Wildman–Crippen LogP) is 0.843. The molecule has 0 heterocycles. The molecule has 9 heavy (non-hydrogen) atoms. The zero-order chi connectivity index (χ0) is 7.02. The lowest BCUT2D eigenvalue weighted by Gasteiger charge is -1.87. The molecule has 0 bridgehead atoms. The number of allylic oxidation sites excluding steroid dienone is 2. The Labute approximate surface area is 51.9 Å². The Bertz CT molecular complexity index is 190. The molecular weight excluding hydrogens is 120 g/mol. The SMILES string of the molecule is C=C1CC(=O)C(O)=C1O. The molecule has 1 rings (SSSR count). The summed E-state index contributed by atoms with van der Waals surface area (Å²) in [6.45, 7) is 3.35. The van der Waals surface area contributed by atoms with Crippen LogP contribution in [0.4, 0.5) is 0 Å². The fourth-order valence-corrected chi connectivity index (χ4v) is 0.661. The molecule has 0 unspecified atom stereocenters. The summed E-state index contributed by atoms with van der Waals surface area (Å²) in [7, 11) is 0. The van der Waals surface area contributed by atoms with Crippen molar-refractivity contribution in [2.75, 3.05) is 0 Å². The molecule has 0 aliphatic heterocycles. The minimum Gasteiger partial charge on any atom is -0.504 e. The molecule has 0 atom stereocenters. The van der Waals surface area contributed by atoms with Gasteiger partial charge in [-0.05, 0) is 5.57 Å². The largest absolute Gasteiger partial charge is 0.504 e. The zero-order valence-electron chi connectivity index (χ0n) is 4.72. The van der Waals surface area contributed by atoms with Crippen molar-refractivity contribution in [3.8, 4) is 0 Å². The number of carbonyl (C=O) groups excluding carboxylic acids is 1. The highest BCUT2D eigenvalue weighted by Crippen LogP contribution is 2.22. The van der Waals surface area contributed by atoms with Crippen LogP contribution in [0.25, 0.3) is 0 Å². The van der Waals surface area contributed by atoms with Crippen LogP contribution < -0.4 is 0 Å². The standard InChI is InChI=1S/C6H6O3/c1-3-2-4(7)6(9)5(3)8/h8-9H,1-2H2. The summed E-state index contributed by atoms with van der Waals surface area (Å²) in [5.41, 5.74) is 0.289.